The van der Waals surface area contributed by atoms with Gasteiger partial charge in [0.2, 0.25) is 0 Å². The fraction of sp³-hybridized carbons (Fsp3) is 0.0667. The summed E-state index contributed by atoms with van der Waals surface area (Å²) in [4.78, 5) is 1.36. The van der Waals surface area contributed by atoms with Crippen molar-refractivity contribution in [3.05, 3.63) is 60.7 Å². The molecule has 1 aromatic heterocycles. The Labute approximate surface area is 115 Å². The second kappa shape index (κ2) is 4.79. The van der Waals surface area contributed by atoms with Crippen LogP contribution in [-0.2, 0) is 0 Å². The number of fused-ring (bicyclic) bond motifs is 1. The molecule has 0 fully saturated rings. The van der Waals surface area contributed by atoms with Gasteiger partial charge in [-0.2, -0.15) is 0 Å². The van der Waals surface area contributed by atoms with Crippen molar-refractivity contribution >= 4 is 11.0 Å². The molecule has 2 N–H and O–H groups in total. The molecule has 3 rings (SSSR count). The maximum atomic E-state index is 9.92. The summed E-state index contributed by atoms with van der Waals surface area (Å²) in [6.45, 7) is 3.58. The van der Waals surface area contributed by atoms with Crippen LogP contribution in [0.3, 0.4) is 0 Å². The van der Waals surface area contributed by atoms with E-state index in [1.165, 1.54) is 10.9 Å². The molecule has 0 aliphatic rings. The Morgan fingerprint density at radius 2 is 1.90 bits per heavy atom. The number of hydrogen-bond acceptors (Lipinski definition) is 4. The lowest BCUT2D eigenvalue weighted by molar-refractivity contribution is 0.230. The molecule has 0 bridgehead atoms. The first-order valence-electron chi connectivity index (χ1n) is 6.15. The van der Waals surface area contributed by atoms with E-state index >= 15 is 0 Å². The minimum Gasteiger partial charge on any atom is -0.506 e. The summed E-state index contributed by atoms with van der Waals surface area (Å²) in [5, 5.41) is 28.4. The van der Waals surface area contributed by atoms with E-state index in [1.807, 2.05) is 0 Å². The first-order valence-corrected chi connectivity index (χ1v) is 6.15. The van der Waals surface area contributed by atoms with Gasteiger partial charge in [0.15, 0.2) is 0 Å². The number of aliphatic hydroxyl groups excluding tert-OH is 1. The van der Waals surface area contributed by atoms with Crippen LogP contribution in [-0.4, -0.2) is 25.2 Å². The molecule has 100 valence electrons. The number of aliphatic hydroxyl groups is 1. The summed E-state index contributed by atoms with van der Waals surface area (Å²) in [5.41, 5.74) is 2.36. The monoisotopic (exact) mass is 267 g/mol. The number of phenolic OH excluding ortho intramolecular Hbond substituents is 1. The van der Waals surface area contributed by atoms with E-state index in [1.54, 1.807) is 42.5 Å². The summed E-state index contributed by atoms with van der Waals surface area (Å²) in [7, 11) is 0. The largest absolute Gasteiger partial charge is 0.506 e. The predicted molar refractivity (Wildman–Crippen MR) is 75.7 cm³/mol. The topological polar surface area (TPSA) is 71.2 Å². The third-order valence-electron chi connectivity index (χ3n) is 3.08. The highest BCUT2D eigenvalue weighted by Gasteiger charge is 2.14. The zero-order valence-electron chi connectivity index (χ0n) is 10.6. The average Bonchev–Trinajstić information content (AvgIpc) is 2.90. The quantitative estimate of drug-likeness (QED) is 0.714. The molecule has 1 atom stereocenters. The molecular weight excluding hydrogens is 254 g/mol. The second-order valence-corrected chi connectivity index (χ2v) is 4.37. The molecule has 0 saturated heterocycles. The second-order valence-electron chi connectivity index (χ2n) is 4.37. The fourth-order valence-electron chi connectivity index (χ4n) is 2.06. The van der Waals surface area contributed by atoms with Gasteiger partial charge in [-0.15, -0.1) is 21.6 Å². The summed E-state index contributed by atoms with van der Waals surface area (Å²) in [5.74, 6) is 0.0959. The Morgan fingerprint density at radius 1 is 1.10 bits per heavy atom. The van der Waals surface area contributed by atoms with E-state index < -0.39 is 6.10 Å². The van der Waals surface area contributed by atoms with Gasteiger partial charge in [0.05, 0.1) is 6.10 Å². The van der Waals surface area contributed by atoms with E-state index in [-0.39, 0.29) is 5.75 Å². The van der Waals surface area contributed by atoms with Gasteiger partial charge in [-0.05, 0) is 18.2 Å². The van der Waals surface area contributed by atoms with Crippen molar-refractivity contribution in [3.8, 4) is 11.4 Å². The first-order chi connectivity index (χ1) is 9.70. The lowest BCUT2D eigenvalue weighted by Crippen LogP contribution is -1.99. The van der Waals surface area contributed by atoms with Crippen LogP contribution in [0.25, 0.3) is 16.7 Å². The van der Waals surface area contributed by atoms with Crippen molar-refractivity contribution in [1.29, 1.82) is 0 Å². The number of aromatic hydroxyl groups is 1. The van der Waals surface area contributed by atoms with Crippen LogP contribution in [0.1, 0.15) is 11.7 Å². The van der Waals surface area contributed by atoms with Crippen molar-refractivity contribution in [2.75, 3.05) is 0 Å². The van der Waals surface area contributed by atoms with Crippen molar-refractivity contribution < 1.29 is 10.2 Å². The van der Waals surface area contributed by atoms with Crippen LogP contribution in [0, 0.1) is 0 Å². The number of rotatable bonds is 3. The van der Waals surface area contributed by atoms with Crippen LogP contribution in [0.15, 0.2) is 55.1 Å². The van der Waals surface area contributed by atoms with E-state index in [2.05, 4.69) is 16.8 Å². The van der Waals surface area contributed by atoms with Gasteiger partial charge in [-0.25, -0.2) is 0 Å². The molecule has 0 radical (unpaired) electrons. The smallest absolute Gasteiger partial charge is 0.143 e. The molecule has 1 unspecified atom stereocenters. The lowest BCUT2D eigenvalue weighted by atomic mass is 10.1. The third-order valence-corrected chi connectivity index (χ3v) is 3.08. The number of para-hydroxylation sites is 2. The van der Waals surface area contributed by atoms with Crippen molar-refractivity contribution in [2.45, 2.75) is 6.10 Å². The Morgan fingerprint density at radius 3 is 2.65 bits per heavy atom. The van der Waals surface area contributed by atoms with E-state index in [0.29, 0.717) is 22.3 Å². The van der Waals surface area contributed by atoms with E-state index in [0.717, 1.165) is 0 Å². The van der Waals surface area contributed by atoms with Crippen molar-refractivity contribution in [3.63, 3.8) is 0 Å². The molecule has 20 heavy (non-hydrogen) atoms. The first kappa shape index (κ1) is 12.4. The molecule has 0 saturated carbocycles. The number of nitrogens with zero attached hydrogens (tertiary/aromatic N) is 3. The highest BCUT2D eigenvalue weighted by atomic mass is 16.3. The maximum Gasteiger partial charge on any atom is 0.143 e. The predicted octanol–water partition coefficient (Wildman–Crippen LogP) is 2.35. The zero-order valence-corrected chi connectivity index (χ0v) is 10.6. The number of phenols is 1. The van der Waals surface area contributed by atoms with Crippen LogP contribution < -0.4 is 0 Å². The summed E-state index contributed by atoms with van der Waals surface area (Å²) in [6, 6.07) is 12.2. The Balaban J connectivity index is 2.21. The minimum absolute atomic E-state index is 0.0959. The normalized spacial score (nSPS) is 12.4. The molecule has 0 amide bonds. The fourth-order valence-corrected chi connectivity index (χ4v) is 2.06. The van der Waals surface area contributed by atoms with Gasteiger partial charge in [0.25, 0.3) is 0 Å². The molecular formula is C15H13N3O2. The van der Waals surface area contributed by atoms with E-state index in [9.17, 15) is 10.2 Å². The maximum absolute atomic E-state index is 9.92. The Kier molecular flexibility index (Phi) is 2.96. The van der Waals surface area contributed by atoms with Gasteiger partial charge in [-0.1, -0.05) is 30.3 Å². The molecule has 0 aliphatic carbocycles. The summed E-state index contributed by atoms with van der Waals surface area (Å²) < 4.78 is 0. The standard InChI is InChI=1S/C15H13N3O2/c1-2-13(19)10-6-5-7-11-15(10)17-18(16-11)12-8-3-4-9-14(12)20/h2-9,13,19-20H,1H2. The molecule has 1 heterocycles. The highest BCUT2D eigenvalue weighted by molar-refractivity contribution is 5.78. The average molecular weight is 267 g/mol. The highest BCUT2D eigenvalue weighted by Crippen LogP contribution is 2.25. The Bertz CT molecular complexity index is 780. The molecule has 2 aromatic carbocycles. The SMILES string of the molecule is C=CC(O)c1cccc2nn(-c3ccccc3O)nc12. The van der Waals surface area contributed by atoms with Crippen LogP contribution in [0.2, 0.25) is 0 Å². The minimum atomic E-state index is -0.798. The van der Waals surface area contributed by atoms with Crippen LogP contribution in [0.4, 0.5) is 0 Å². The molecule has 0 spiro atoms. The van der Waals surface area contributed by atoms with Crippen LogP contribution >= 0.6 is 0 Å². The van der Waals surface area contributed by atoms with Crippen molar-refractivity contribution in [1.82, 2.24) is 15.0 Å². The molecule has 0 aliphatic heterocycles. The summed E-state index contributed by atoms with van der Waals surface area (Å²) in [6.07, 6.45) is 0.640. The number of aromatic nitrogens is 3. The van der Waals surface area contributed by atoms with Crippen molar-refractivity contribution in [2.24, 2.45) is 0 Å². The van der Waals surface area contributed by atoms with Gasteiger partial charge < -0.3 is 10.2 Å². The van der Waals surface area contributed by atoms with Gasteiger partial charge >= 0.3 is 0 Å². The van der Waals surface area contributed by atoms with Crippen LogP contribution in [0.5, 0.6) is 5.75 Å². The lowest BCUT2D eigenvalue weighted by Gasteiger charge is -2.04. The summed E-state index contributed by atoms with van der Waals surface area (Å²) >= 11 is 0. The van der Waals surface area contributed by atoms with Gasteiger partial charge in [-0.3, -0.25) is 0 Å². The number of benzene rings is 2. The number of hydrogen-bond donors (Lipinski definition) is 2. The molecule has 5 heteroatoms. The third kappa shape index (κ3) is 1.94. The van der Waals surface area contributed by atoms with E-state index in [4.69, 9.17) is 0 Å². The zero-order chi connectivity index (χ0) is 14.1. The van der Waals surface area contributed by atoms with Gasteiger partial charge in [0.1, 0.15) is 22.5 Å². The molecule has 3 aromatic rings. The Hall–Kier alpha value is -2.66. The van der Waals surface area contributed by atoms with Gasteiger partial charge in [0, 0.05) is 5.56 Å². The molecule has 5 nitrogen and oxygen atoms in total.